The third-order valence-corrected chi connectivity index (χ3v) is 6.01. The number of fused-ring (bicyclic) bond motifs is 1. The molecule has 0 spiro atoms. The number of hydrogen-bond acceptors (Lipinski definition) is 6. The van der Waals surface area contributed by atoms with E-state index in [9.17, 15) is 4.79 Å². The highest BCUT2D eigenvalue weighted by atomic mass is 16.2. The molecule has 1 amide bonds. The van der Waals surface area contributed by atoms with E-state index in [1.165, 1.54) is 12.8 Å². The van der Waals surface area contributed by atoms with Crippen LogP contribution in [0.15, 0.2) is 36.7 Å². The van der Waals surface area contributed by atoms with Gasteiger partial charge in [0.15, 0.2) is 0 Å². The molecule has 2 fully saturated rings. The number of hydrogen-bond donors (Lipinski definition) is 0. The minimum absolute atomic E-state index is 0.134. The van der Waals surface area contributed by atoms with E-state index in [-0.39, 0.29) is 5.91 Å². The molecule has 1 aromatic carbocycles. The Hall–Kier alpha value is -3.16. The van der Waals surface area contributed by atoms with Crippen LogP contribution in [0.2, 0.25) is 0 Å². The molecule has 0 saturated carbocycles. The standard InChI is InChI=1S/C22H27N7O/c1-17-14-20(25-22(24-17)28-8-4-5-9-28)26-10-12-27(13-11-26)21(30)15-29-16-23-18-6-2-3-7-19(18)29/h2-3,6-7,14,16H,4-5,8-13,15H2,1H3. The Morgan fingerprint density at radius 3 is 2.53 bits per heavy atom. The van der Waals surface area contributed by atoms with E-state index in [1.54, 1.807) is 6.33 Å². The Morgan fingerprint density at radius 2 is 1.73 bits per heavy atom. The van der Waals surface area contributed by atoms with Crippen molar-refractivity contribution in [2.75, 3.05) is 49.1 Å². The number of aromatic nitrogens is 4. The molecule has 0 radical (unpaired) electrons. The summed E-state index contributed by atoms with van der Waals surface area (Å²) in [6, 6.07) is 9.96. The molecule has 2 aliphatic rings. The average Bonchev–Trinajstić information content (AvgIpc) is 3.44. The molecular weight excluding hydrogens is 378 g/mol. The van der Waals surface area contributed by atoms with Crippen LogP contribution in [0.4, 0.5) is 11.8 Å². The summed E-state index contributed by atoms with van der Waals surface area (Å²) in [5.41, 5.74) is 2.91. The number of carbonyl (C=O) groups is 1. The van der Waals surface area contributed by atoms with Crippen LogP contribution in [-0.4, -0.2) is 69.6 Å². The molecule has 8 nitrogen and oxygen atoms in total. The van der Waals surface area contributed by atoms with Gasteiger partial charge in [0.2, 0.25) is 11.9 Å². The molecule has 156 valence electrons. The van der Waals surface area contributed by atoms with Crippen molar-refractivity contribution in [1.29, 1.82) is 0 Å². The molecule has 4 heterocycles. The average molecular weight is 406 g/mol. The Bertz CT molecular complexity index is 1050. The Labute approximate surface area is 176 Å². The maximum Gasteiger partial charge on any atom is 0.242 e. The number of rotatable bonds is 4. The summed E-state index contributed by atoms with van der Waals surface area (Å²) >= 11 is 0. The van der Waals surface area contributed by atoms with Crippen molar-refractivity contribution >= 4 is 28.7 Å². The summed E-state index contributed by atoms with van der Waals surface area (Å²) < 4.78 is 1.93. The fourth-order valence-corrected chi connectivity index (χ4v) is 4.32. The molecule has 0 N–H and O–H groups in total. The third-order valence-electron chi connectivity index (χ3n) is 6.01. The number of nitrogens with zero attached hydrogens (tertiary/aromatic N) is 7. The second kappa shape index (κ2) is 7.93. The fraction of sp³-hybridized carbons (Fsp3) is 0.455. The van der Waals surface area contributed by atoms with Crippen LogP contribution in [0.3, 0.4) is 0 Å². The van der Waals surface area contributed by atoms with Gasteiger partial charge in [0.25, 0.3) is 0 Å². The van der Waals surface area contributed by atoms with Gasteiger partial charge in [-0.25, -0.2) is 9.97 Å². The van der Waals surface area contributed by atoms with Gasteiger partial charge in [-0.3, -0.25) is 4.79 Å². The quantitative estimate of drug-likeness (QED) is 0.662. The maximum atomic E-state index is 12.9. The molecule has 0 atom stereocenters. The van der Waals surface area contributed by atoms with Gasteiger partial charge in [-0.05, 0) is 31.9 Å². The lowest BCUT2D eigenvalue weighted by Crippen LogP contribution is -2.50. The highest BCUT2D eigenvalue weighted by molar-refractivity contribution is 5.80. The maximum absolute atomic E-state index is 12.9. The summed E-state index contributed by atoms with van der Waals surface area (Å²) in [5, 5.41) is 0. The van der Waals surface area contributed by atoms with Crippen molar-refractivity contribution in [3.63, 3.8) is 0 Å². The van der Waals surface area contributed by atoms with E-state index < -0.39 is 0 Å². The zero-order chi connectivity index (χ0) is 20.5. The summed E-state index contributed by atoms with van der Waals surface area (Å²) in [6.45, 7) is 7.40. The van der Waals surface area contributed by atoms with Gasteiger partial charge in [-0.2, -0.15) is 4.98 Å². The first kappa shape index (κ1) is 18.8. The zero-order valence-electron chi connectivity index (χ0n) is 17.4. The normalized spacial score (nSPS) is 17.2. The van der Waals surface area contributed by atoms with Gasteiger partial charge < -0.3 is 19.3 Å². The number of benzene rings is 1. The van der Waals surface area contributed by atoms with Crippen LogP contribution in [0.25, 0.3) is 11.0 Å². The number of amides is 1. The van der Waals surface area contributed by atoms with Crippen molar-refractivity contribution in [2.45, 2.75) is 26.3 Å². The Balaban J connectivity index is 1.23. The molecule has 2 saturated heterocycles. The van der Waals surface area contributed by atoms with Gasteiger partial charge in [-0.15, -0.1) is 0 Å². The van der Waals surface area contributed by atoms with Crippen molar-refractivity contribution in [2.24, 2.45) is 0 Å². The van der Waals surface area contributed by atoms with Crippen molar-refractivity contribution in [3.8, 4) is 0 Å². The van der Waals surface area contributed by atoms with E-state index >= 15 is 0 Å². The predicted molar refractivity (Wildman–Crippen MR) is 117 cm³/mol. The Morgan fingerprint density at radius 1 is 0.967 bits per heavy atom. The second-order valence-corrected chi connectivity index (χ2v) is 8.09. The SMILES string of the molecule is Cc1cc(N2CCN(C(=O)Cn3cnc4ccccc43)CC2)nc(N2CCCC2)n1. The number of carbonyl (C=O) groups excluding carboxylic acids is 1. The van der Waals surface area contributed by atoms with Crippen LogP contribution in [0.5, 0.6) is 0 Å². The predicted octanol–water partition coefficient (Wildman–Crippen LogP) is 2.08. The number of piperazine rings is 1. The Kier molecular flexibility index (Phi) is 4.98. The van der Waals surface area contributed by atoms with Crippen LogP contribution < -0.4 is 9.80 Å². The lowest BCUT2D eigenvalue weighted by molar-refractivity contribution is -0.132. The molecule has 8 heteroatoms. The van der Waals surface area contributed by atoms with Crippen molar-refractivity contribution < 1.29 is 4.79 Å². The first-order valence-corrected chi connectivity index (χ1v) is 10.7. The number of aryl methyl sites for hydroxylation is 1. The number of imidazole rings is 1. The van der Waals surface area contributed by atoms with E-state index in [4.69, 9.17) is 4.98 Å². The largest absolute Gasteiger partial charge is 0.353 e. The molecule has 0 aliphatic carbocycles. The zero-order valence-corrected chi connectivity index (χ0v) is 17.4. The van der Waals surface area contributed by atoms with E-state index in [0.717, 1.165) is 54.7 Å². The smallest absolute Gasteiger partial charge is 0.242 e. The minimum atomic E-state index is 0.134. The summed E-state index contributed by atoms with van der Waals surface area (Å²) in [4.78, 5) is 33.2. The lowest BCUT2D eigenvalue weighted by Gasteiger charge is -2.36. The second-order valence-electron chi connectivity index (χ2n) is 8.09. The number of anilines is 2. The monoisotopic (exact) mass is 405 g/mol. The topological polar surface area (TPSA) is 70.4 Å². The summed E-state index contributed by atoms with van der Waals surface area (Å²) in [5.74, 6) is 1.94. The molecule has 5 rings (SSSR count). The van der Waals surface area contributed by atoms with Gasteiger partial charge in [-0.1, -0.05) is 12.1 Å². The molecule has 2 aromatic heterocycles. The highest BCUT2D eigenvalue weighted by Gasteiger charge is 2.24. The molecule has 0 unspecified atom stereocenters. The fourth-order valence-electron chi connectivity index (χ4n) is 4.32. The van der Waals surface area contributed by atoms with Crippen molar-refractivity contribution in [1.82, 2.24) is 24.4 Å². The summed E-state index contributed by atoms with van der Waals surface area (Å²) in [6.07, 6.45) is 4.17. The van der Waals surface area contributed by atoms with E-state index in [2.05, 4.69) is 25.8 Å². The number of para-hydroxylation sites is 2. The van der Waals surface area contributed by atoms with Gasteiger partial charge in [0.1, 0.15) is 12.4 Å². The van der Waals surface area contributed by atoms with Crippen LogP contribution in [-0.2, 0) is 11.3 Å². The van der Waals surface area contributed by atoms with Crippen molar-refractivity contribution in [3.05, 3.63) is 42.4 Å². The molecular formula is C22H27N7O. The van der Waals surface area contributed by atoms with Gasteiger partial charge >= 0.3 is 0 Å². The van der Waals surface area contributed by atoms with E-state index in [0.29, 0.717) is 19.6 Å². The molecule has 30 heavy (non-hydrogen) atoms. The van der Waals surface area contributed by atoms with Crippen LogP contribution in [0.1, 0.15) is 18.5 Å². The van der Waals surface area contributed by atoms with E-state index in [1.807, 2.05) is 40.7 Å². The first-order valence-electron chi connectivity index (χ1n) is 10.7. The molecule has 2 aliphatic heterocycles. The molecule has 0 bridgehead atoms. The first-order chi connectivity index (χ1) is 14.7. The van der Waals surface area contributed by atoms with Gasteiger partial charge in [0.05, 0.1) is 17.4 Å². The molecule has 3 aromatic rings. The highest BCUT2D eigenvalue weighted by Crippen LogP contribution is 2.22. The third kappa shape index (κ3) is 3.69. The van der Waals surface area contributed by atoms with Crippen LogP contribution in [0, 0.1) is 6.92 Å². The lowest BCUT2D eigenvalue weighted by atomic mass is 10.3. The minimum Gasteiger partial charge on any atom is -0.353 e. The van der Waals surface area contributed by atoms with Crippen LogP contribution >= 0.6 is 0 Å². The van der Waals surface area contributed by atoms with Gasteiger partial charge in [0, 0.05) is 51.0 Å². The summed E-state index contributed by atoms with van der Waals surface area (Å²) in [7, 11) is 0.